The van der Waals surface area contributed by atoms with Gasteiger partial charge < -0.3 is 5.73 Å². The number of sulfonamides is 1. The molecule has 0 spiro atoms. The molecule has 0 amide bonds. The number of nitrogens with two attached hydrogens (primary N) is 1. The molecule has 2 N–H and O–H groups in total. The van der Waals surface area contributed by atoms with Gasteiger partial charge in [0.05, 0.1) is 11.3 Å². The summed E-state index contributed by atoms with van der Waals surface area (Å²) in [5.74, 6) is 1.08. The highest BCUT2D eigenvalue weighted by molar-refractivity contribution is 7.92. The summed E-state index contributed by atoms with van der Waals surface area (Å²) >= 11 is 0. The standard InChI is InChI=1S/C32H31N7O2S/c1-2-42(40,41)37-20-25-14-15-26(21-37)38(25)19-22-10-12-24(13-11-22)39-31(27-9-6-18-34-30(27)33)36-29-17-16-28(35-32(29)39)23-7-4-3-5-8-23/h2-13,16-18,25-26H,1,14-15,19-21H2,(H2,33,34). The van der Waals surface area contributed by atoms with Crippen LogP contribution in [0.2, 0.25) is 0 Å². The van der Waals surface area contributed by atoms with Crippen molar-refractivity contribution in [3.05, 3.63) is 103 Å². The van der Waals surface area contributed by atoms with Gasteiger partial charge in [0.1, 0.15) is 11.3 Å². The van der Waals surface area contributed by atoms with E-state index in [1.54, 1.807) is 10.5 Å². The quantitative estimate of drug-likeness (QED) is 0.294. The van der Waals surface area contributed by atoms with Crippen molar-refractivity contribution in [3.8, 4) is 28.3 Å². The highest BCUT2D eigenvalue weighted by Crippen LogP contribution is 2.34. The third-order valence-electron chi connectivity index (χ3n) is 8.38. The molecular weight excluding hydrogens is 546 g/mol. The molecule has 2 aromatic carbocycles. The first-order valence-electron chi connectivity index (χ1n) is 14.0. The number of benzene rings is 2. The number of fused-ring (bicyclic) bond motifs is 3. The molecule has 2 fully saturated rings. The van der Waals surface area contributed by atoms with Crippen LogP contribution in [0.3, 0.4) is 0 Å². The van der Waals surface area contributed by atoms with Gasteiger partial charge in [0.2, 0.25) is 10.0 Å². The van der Waals surface area contributed by atoms with Crippen LogP contribution in [0.25, 0.3) is 39.5 Å². The predicted molar refractivity (Wildman–Crippen MR) is 165 cm³/mol. The first-order chi connectivity index (χ1) is 20.4. The second-order valence-corrected chi connectivity index (χ2v) is 12.7. The molecule has 2 aliphatic heterocycles. The number of hydrogen-bond acceptors (Lipinski definition) is 7. The lowest BCUT2D eigenvalue weighted by molar-refractivity contribution is 0.103. The topological polar surface area (TPSA) is 110 Å². The highest BCUT2D eigenvalue weighted by atomic mass is 32.2. The lowest BCUT2D eigenvalue weighted by atomic mass is 10.1. The van der Waals surface area contributed by atoms with Gasteiger partial charge in [-0.1, -0.05) is 49.0 Å². The Morgan fingerprint density at radius 2 is 1.64 bits per heavy atom. The average molecular weight is 578 g/mol. The van der Waals surface area contributed by atoms with E-state index in [0.717, 1.165) is 58.5 Å². The smallest absolute Gasteiger partial charge is 0.235 e. The van der Waals surface area contributed by atoms with Crippen molar-refractivity contribution in [3.63, 3.8) is 0 Å². The van der Waals surface area contributed by atoms with Gasteiger partial charge in [-0.3, -0.25) is 9.47 Å². The minimum absolute atomic E-state index is 0.205. The van der Waals surface area contributed by atoms with Crippen LogP contribution >= 0.6 is 0 Å². The molecule has 9 nitrogen and oxygen atoms in total. The zero-order chi connectivity index (χ0) is 28.8. The lowest BCUT2D eigenvalue weighted by Gasteiger charge is -2.40. The van der Waals surface area contributed by atoms with Gasteiger partial charge in [-0.05, 0) is 54.8 Å². The number of hydrogen-bond donors (Lipinski definition) is 1. The summed E-state index contributed by atoms with van der Waals surface area (Å²) in [5.41, 5.74) is 12.5. The summed E-state index contributed by atoms with van der Waals surface area (Å²) in [6.45, 7) is 5.28. The second kappa shape index (κ2) is 10.5. The summed E-state index contributed by atoms with van der Waals surface area (Å²) in [4.78, 5) is 16.7. The van der Waals surface area contributed by atoms with Crippen molar-refractivity contribution in [1.82, 2.24) is 28.7 Å². The largest absolute Gasteiger partial charge is 0.383 e. The first-order valence-corrected chi connectivity index (χ1v) is 15.5. The van der Waals surface area contributed by atoms with Gasteiger partial charge in [-0.25, -0.2) is 23.4 Å². The van der Waals surface area contributed by atoms with Crippen molar-refractivity contribution < 1.29 is 8.42 Å². The zero-order valence-corrected chi connectivity index (χ0v) is 23.9. The Kier molecular flexibility index (Phi) is 6.61. The van der Waals surface area contributed by atoms with Crippen LogP contribution in [0.5, 0.6) is 0 Å². The molecular formula is C32H31N7O2S. The van der Waals surface area contributed by atoms with E-state index in [1.807, 2.05) is 59.2 Å². The van der Waals surface area contributed by atoms with E-state index >= 15 is 0 Å². The van der Waals surface area contributed by atoms with Gasteiger partial charge in [0.25, 0.3) is 0 Å². The molecule has 42 heavy (non-hydrogen) atoms. The fourth-order valence-corrected chi connectivity index (χ4v) is 7.21. The van der Waals surface area contributed by atoms with Gasteiger partial charge in [-0.15, -0.1) is 0 Å². The summed E-state index contributed by atoms with van der Waals surface area (Å²) in [5, 5.41) is 1.06. The maximum Gasteiger partial charge on any atom is 0.235 e. The molecule has 0 saturated carbocycles. The minimum Gasteiger partial charge on any atom is -0.383 e. The van der Waals surface area contributed by atoms with Gasteiger partial charge in [0, 0.05) is 54.6 Å². The van der Waals surface area contributed by atoms with E-state index in [0.29, 0.717) is 24.7 Å². The van der Waals surface area contributed by atoms with Crippen molar-refractivity contribution in [2.45, 2.75) is 31.5 Å². The normalized spacial score (nSPS) is 19.3. The Morgan fingerprint density at radius 3 is 2.33 bits per heavy atom. The fraction of sp³-hybridized carbons (Fsp3) is 0.219. The number of nitrogen functional groups attached to an aromatic ring is 1. The van der Waals surface area contributed by atoms with Gasteiger partial charge >= 0.3 is 0 Å². The highest BCUT2D eigenvalue weighted by Gasteiger charge is 2.42. The molecule has 2 aliphatic rings. The summed E-state index contributed by atoms with van der Waals surface area (Å²) in [6.07, 6.45) is 3.67. The molecule has 5 aromatic rings. The summed E-state index contributed by atoms with van der Waals surface area (Å²) in [6, 6.07) is 26.7. The number of pyridine rings is 2. The molecule has 2 saturated heterocycles. The van der Waals surface area contributed by atoms with E-state index in [2.05, 4.69) is 40.7 Å². The number of piperazine rings is 1. The first kappa shape index (κ1) is 26.5. The molecule has 7 rings (SSSR count). The van der Waals surface area contributed by atoms with Crippen LogP contribution in [0.4, 0.5) is 5.82 Å². The molecule has 212 valence electrons. The summed E-state index contributed by atoms with van der Waals surface area (Å²) in [7, 11) is -3.40. The Bertz CT molecular complexity index is 1870. The average Bonchev–Trinajstić information content (AvgIpc) is 3.49. The third kappa shape index (κ3) is 4.67. The van der Waals surface area contributed by atoms with E-state index in [1.165, 1.54) is 5.56 Å². The second-order valence-electron chi connectivity index (χ2n) is 10.9. The van der Waals surface area contributed by atoms with E-state index in [4.69, 9.17) is 15.7 Å². The van der Waals surface area contributed by atoms with Gasteiger partial charge in [0.15, 0.2) is 11.5 Å². The van der Waals surface area contributed by atoms with E-state index in [-0.39, 0.29) is 12.1 Å². The summed E-state index contributed by atoms with van der Waals surface area (Å²) < 4.78 is 28.4. The number of aromatic nitrogens is 4. The van der Waals surface area contributed by atoms with Crippen LogP contribution in [0, 0.1) is 0 Å². The molecule has 5 heterocycles. The number of anilines is 1. The molecule has 0 aliphatic carbocycles. The minimum atomic E-state index is -3.40. The van der Waals surface area contributed by atoms with E-state index in [9.17, 15) is 8.42 Å². The molecule has 10 heteroatoms. The number of rotatable bonds is 7. The predicted octanol–water partition coefficient (Wildman–Crippen LogP) is 4.85. The van der Waals surface area contributed by atoms with Crippen molar-refractivity contribution in [2.75, 3.05) is 18.8 Å². The van der Waals surface area contributed by atoms with Crippen LogP contribution in [-0.4, -0.2) is 62.3 Å². The Balaban J connectivity index is 1.24. The van der Waals surface area contributed by atoms with E-state index < -0.39 is 10.0 Å². The fourth-order valence-electron chi connectivity index (χ4n) is 6.24. The molecule has 2 atom stereocenters. The van der Waals surface area contributed by atoms with Crippen LogP contribution in [0.15, 0.2) is 97.0 Å². The number of imidazole rings is 1. The molecule has 3 aromatic heterocycles. The lowest BCUT2D eigenvalue weighted by Crippen LogP contribution is -2.54. The van der Waals surface area contributed by atoms with Crippen LogP contribution in [-0.2, 0) is 16.6 Å². The third-order valence-corrected chi connectivity index (χ3v) is 9.82. The SMILES string of the molecule is C=CS(=O)(=O)N1CC2CCC(C1)N2Cc1ccc(-n2c(-c3cccnc3N)nc3ccc(-c4ccccc4)nc32)cc1. The van der Waals surface area contributed by atoms with Crippen LogP contribution in [0.1, 0.15) is 18.4 Å². The maximum absolute atomic E-state index is 12.4. The van der Waals surface area contributed by atoms with Gasteiger partial charge in [-0.2, -0.15) is 4.31 Å². The van der Waals surface area contributed by atoms with Crippen molar-refractivity contribution >= 4 is 27.0 Å². The molecule has 0 radical (unpaired) electrons. The zero-order valence-electron chi connectivity index (χ0n) is 23.0. The Morgan fingerprint density at radius 1 is 0.905 bits per heavy atom. The van der Waals surface area contributed by atoms with Crippen molar-refractivity contribution in [2.24, 2.45) is 0 Å². The van der Waals surface area contributed by atoms with Crippen LogP contribution < -0.4 is 5.73 Å². The molecule has 2 bridgehead atoms. The number of nitrogens with zero attached hydrogens (tertiary/aromatic N) is 6. The van der Waals surface area contributed by atoms with Crippen molar-refractivity contribution in [1.29, 1.82) is 0 Å². The Labute approximate surface area is 245 Å². The Hall–Kier alpha value is -4.38. The maximum atomic E-state index is 12.4. The molecule has 2 unspecified atom stereocenters. The monoisotopic (exact) mass is 577 g/mol.